The predicted octanol–water partition coefficient (Wildman–Crippen LogP) is -3.11. The van der Waals surface area contributed by atoms with Crippen molar-refractivity contribution in [1.82, 2.24) is 45.4 Å². The number of likely N-dealkylation sites (tertiary alicyclic amines) is 1. The smallest absolute Gasteiger partial charge is 0.353 e. The highest BCUT2D eigenvalue weighted by molar-refractivity contribution is 8.03. The van der Waals surface area contributed by atoms with Gasteiger partial charge in [-0.1, -0.05) is 6.92 Å². The van der Waals surface area contributed by atoms with Crippen LogP contribution in [0.1, 0.15) is 26.7 Å². The first-order valence-electron chi connectivity index (χ1n) is 14.0. The van der Waals surface area contributed by atoms with Crippen LogP contribution in [0.25, 0.3) is 0 Å². The summed E-state index contributed by atoms with van der Waals surface area (Å²) < 4.78 is 26.9. The van der Waals surface area contributed by atoms with Crippen molar-refractivity contribution in [3.63, 3.8) is 0 Å². The van der Waals surface area contributed by atoms with Crippen LogP contribution in [-0.4, -0.2) is 129 Å². The quantitative estimate of drug-likeness (QED) is 0.151. The van der Waals surface area contributed by atoms with E-state index in [4.69, 9.17) is 5.73 Å². The largest absolute Gasteiger partial charge is 0.477 e. The van der Waals surface area contributed by atoms with Gasteiger partial charge in [-0.25, -0.2) is 22.6 Å². The summed E-state index contributed by atoms with van der Waals surface area (Å²) >= 11 is 1.36. The highest BCUT2D eigenvalue weighted by atomic mass is 32.2. The lowest BCUT2D eigenvalue weighted by Gasteiger charge is -2.47. The van der Waals surface area contributed by atoms with Crippen LogP contribution in [0.5, 0.6) is 0 Å². The first kappa shape index (κ1) is 31.3. The van der Waals surface area contributed by atoms with Gasteiger partial charge < -0.3 is 31.3 Å². The number of nitrogens with zero attached hydrogens (tertiary/aromatic N) is 6. The number of carbonyl (C=O) groups is 4. The Labute approximate surface area is 252 Å². The van der Waals surface area contributed by atoms with Crippen molar-refractivity contribution in [2.45, 2.75) is 68.7 Å². The number of aromatic nitrogens is 4. The van der Waals surface area contributed by atoms with Gasteiger partial charge in [0, 0.05) is 53.8 Å². The zero-order valence-electron chi connectivity index (χ0n) is 23.9. The van der Waals surface area contributed by atoms with Gasteiger partial charge in [0.15, 0.2) is 0 Å². The molecule has 4 aliphatic heterocycles. The van der Waals surface area contributed by atoms with Gasteiger partial charge in [0.2, 0.25) is 27.7 Å². The van der Waals surface area contributed by atoms with Crippen molar-refractivity contribution in [3.8, 4) is 0 Å². The molecule has 0 radical (unpaired) electrons. The topological polar surface area (TPSA) is 235 Å². The fraction of sp³-hybridized carbons (Fsp3) is 0.708. The molecule has 0 saturated carbocycles. The second kappa shape index (κ2) is 12.1. The van der Waals surface area contributed by atoms with Crippen LogP contribution in [-0.2, 0) is 35.7 Å². The molecule has 5 rings (SSSR count). The summed E-state index contributed by atoms with van der Waals surface area (Å²) in [4.78, 5) is 55.0. The number of β-lactam (4-membered cyclic amide) rings is 1. The molecular weight excluding hydrogens is 604 g/mol. The van der Waals surface area contributed by atoms with Crippen LogP contribution in [0.4, 0.5) is 0 Å². The van der Waals surface area contributed by atoms with E-state index >= 15 is 0 Å². The maximum absolute atomic E-state index is 13.4. The molecule has 6 N–H and O–H groups in total. The van der Waals surface area contributed by atoms with Crippen LogP contribution in [0.2, 0.25) is 0 Å². The maximum Gasteiger partial charge on any atom is 0.353 e. The molecule has 236 valence electrons. The fourth-order valence-corrected chi connectivity index (χ4v) is 8.48. The van der Waals surface area contributed by atoms with E-state index < -0.39 is 40.0 Å². The highest BCUT2D eigenvalue weighted by Crippen LogP contribution is 2.51. The summed E-state index contributed by atoms with van der Waals surface area (Å²) in [5.74, 6) is -3.02. The number of fused-ring (bicyclic) bond motifs is 1. The third kappa shape index (κ3) is 6.40. The molecule has 8 atom stereocenters. The first-order valence-corrected chi connectivity index (χ1v) is 16.7. The Balaban J connectivity index is 1.22. The first-order chi connectivity index (χ1) is 20.2. The minimum Gasteiger partial charge on any atom is -0.477 e. The minimum atomic E-state index is -3.43. The molecule has 0 bridgehead atoms. The number of hydrogen-bond acceptors (Lipinski definition) is 12. The van der Waals surface area contributed by atoms with Gasteiger partial charge in [0.05, 0.1) is 24.3 Å². The molecule has 0 aliphatic carbocycles. The van der Waals surface area contributed by atoms with E-state index in [1.165, 1.54) is 27.7 Å². The summed E-state index contributed by atoms with van der Waals surface area (Å²) in [6, 6.07) is -2.12. The number of rotatable bonds is 11. The predicted molar refractivity (Wildman–Crippen MR) is 152 cm³/mol. The van der Waals surface area contributed by atoms with Crippen molar-refractivity contribution in [1.29, 1.82) is 0 Å². The molecule has 3 saturated heterocycles. The fourth-order valence-electron chi connectivity index (χ4n) is 6.51. The number of aliphatic carboxylic acids is 1. The summed E-state index contributed by atoms with van der Waals surface area (Å²) in [5.41, 5.74) is 6.04. The molecule has 1 aromatic heterocycles. The van der Waals surface area contributed by atoms with Crippen LogP contribution < -0.4 is 21.1 Å². The van der Waals surface area contributed by atoms with Gasteiger partial charge in [-0.2, -0.15) is 0 Å². The van der Waals surface area contributed by atoms with Crippen molar-refractivity contribution >= 4 is 45.5 Å². The normalized spacial score (nSPS) is 31.3. The van der Waals surface area contributed by atoms with Gasteiger partial charge in [-0.15, -0.1) is 16.9 Å². The number of tetrazole rings is 1. The number of nitrogens with one attached hydrogen (secondary N) is 3. The Hall–Kier alpha value is -3.13. The van der Waals surface area contributed by atoms with Crippen LogP contribution in [0.15, 0.2) is 16.9 Å². The number of carboxylic acid groups (broad SMARTS) is 1. The molecule has 4 aliphatic rings. The van der Waals surface area contributed by atoms with E-state index in [0.717, 1.165) is 6.26 Å². The summed E-state index contributed by atoms with van der Waals surface area (Å²) in [6.07, 6.45) is 3.27. The zero-order valence-corrected chi connectivity index (χ0v) is 25.5. The Morgan fingerprint density at radius 1 is 1.30 bits per heavy atom. The lowest BCUT2D eigenvalue weighted by Crippen LogP contribution is -2.66. The van der Waals surface area contributed by atoms with E-state index in [-0.39, 0.29) is 59.8 Å². The molecule has 3 amide bonds. The third-order valence-electron chi connectivity index (χ3n) is 8.41. The number of nitrogens with two attached hydrogens (primary N) is 1. The molecule has 1 unspecified atom stereocenters. The summed E-state index contributed by atoms with van der Waals surface area (Å²) in [6.45, 7) is 4.33. The molecular formula is C24H36N10O7S2. The van der Waals surface area contributed by atoms with E-state index in [1.807, 2.05) is 6.92 Å². The molecule has 1 aromatic rings. The van der Waals surface area contributed by atoms with Crippen LogP contribution >= 0.6 is 11.8 Å². The van der Waals surface area contributed by atoms with Crippen molar-refractivity contribution in [2.75, 3.05) is 25.9 Å². The molecule has 0 spiro atoms. The number of sulfonamides is 1. The van der Waals surface area contributed by atoms with Gasteiger partial charge >= 0.3 is 5.97 Å². The Bertz CT molecular complexity index is 1420. The number of carbonyl (C=O) groups excluding carboxylic acids is 3. The molecule has 43 heavy (non-hydrogen) atoms. The lowest BCUT2D eigenvalue weighted by atomic mass is 9.78. The number of hydrogen-bond donors (Lipinski definition) is 5. The van der Waals surface area contributed by atoms with Crippen LogP contribution in [0.3, 0.4) is 0 Å². The average molecular weight is 641 g/mol. The van der Waals surface area contributed by atoms with E-state index in [2.05, 4.69) is 30.9 Å². The Kier molecular flexibility index (Phi) is 8.81. The lowest BCUT2D eigenvalue weighted by molar-refractivity contribution is -0.158. The van der Waals surface area contributed by atoms with E-state index in [9.17, 15) is 32.7 Å². The van der Waals surface area contributed by atoms with Gasteiger partial charge in [0.25, 0.3) is 0 Å². The monoisotopic (exact) mass is 640 g/mol. The summed E-state index contributed by atoms with van der Waals surface area (Å²) in [5, 5.41) is 26.6. The minimum absolute atomic E-state index is 0.0526. The van der Waals surface area contributed by atoms with E-state index in [0.29, 0.717) is 30.8 Å². The molecule has 19 heteroatoms. The number of amides is 3. The Morgan fingerprint density at radius 3 is 2.70 bits per heavy atom. The molecule has 17 nitrogen and oxygen atoms in total. The SMILES string of the molecule is C[C@@H](NC(=O)Cn1cnnn1)[C@H]1C(=O)N2C(C(=O)O)=C(S[C@@H]3CNC(C(=O)N4C[C@@H](N)C[C@H]4CNS(C)(=O)=O)C3)[C@H](C)[C@H]12. The van der Waals surface area contributed by atoms with Crippen LogP contribution in [0, 0.1) is 11.8 Å². The van der Waals surface area contributed by atoms with Gasteiger partial charge in [0.1, 0.15) is 18.6 Å². The number of thioether (sulfide) groups is 1. The highest BCUT2D eigenvalue weighted by Gasteiger charge is 2.60. The maximum atomic E-state index is 13.4. The van der Waals surface area contributed by atoms with Crippen molar-refractivity contribution < 1.29 is 32.7 Å². The second-order valence-corrected chi connectivity index (χ2v) is 14.8. The third-order valence-corrected chi connectivity index (χ3v) is 10.6. The van der Waals surface area contributed by atoms with E-state index in [1.54, 1.807) is 11.8 Å². The Morgan fingerprint density at radius 2 is 2.05 bits per heavy atom. The summed E-state index contributed by atoms with van der Waals surface area (Å²) in [7, 11) is -3.43. The second-order valence-electron chi connectivity index (χ2n) is 11.6. The standard InChI is InChI=1S/C24H36N10O7S2/c1-11-19-18(12(2)29-17(35)9-32-10-27-30-31-32)23(37)34(19)20(24(38)39)21(11)42-15-5-16(26-7-15)22(36)33-8-13(25)4-14(33)6-28-43(3,40)41/h10-16,18-19,26,28H,4-9,25H2,1-3H3,(H,29,35)(H,38,39)/t11-,12-,13+,14+,15+,16?,18-,19-/m1/s1. The van der Waals surface area contributed by atoms with Crippen molar-refractivity contribution in [3.05, 3.63) is 16.9 Å². The number of carboxylic acids is 1. The molecule has 5 heterocycles. The zero-order chi connectivity index (χ0) is 31.2. The molecule has 3 fully saturated rings. The van der Waals surface area contributed by atoms with Gasteiger partial charge in [-0.05, 0) is 30.2 Å². The molecule has 0 aromatic carbocycles. The van der Waals surface area contributed by atoms with Crippen molar-refractivity contribution in [2.24, 2.45) is 17.6 Å². The van der Waals surface area contributed by atoms with Gasteiger partial charge in [-0.3, -0.25) is 14.4 Å². The average Bonchev–Trinajstić information content (AvgIpc) is 3.70.